The van der Waals surface area contributed by atoms with E-state index in [1.54, 1.807) is 7.11 Å². The molecule has 7 nitrogen and oxygen atoms in total. The van der Waals surface area contributed by atoms with Crippen molar-refractivity contribution in [2.75, 3.05) is 40.0 Å². The number of amides is 2. The lowest BCUT2D eigenvalue weighted by atomic mass is 9.72. The number of hydrogen-bond donors (Lipinski definition) is 0. The monoisotopic (exact) mass is 428 g/mol. The van der Waals surface area contributed by atoms with Crippen molar-refractivity contribution in [3.63, 3.8) is 0 Å². The van der Waals surface area contributed by atoms with Crippen molar-refractivity contribution in [3.8, 4) is 5.75 Å². The molecule has 5 rings (SSSR count). The summed E-state index contributed by atoms with van der Waals surface area (Å²) in [6.45, 7) is 3.41. The number of piperidine rings is 1. The Hall–Kier alpha value is -2.12. The Morgan fingerprint density at radius 1 is 1.10 bits per heavy atom. The second-order valence-corrected chi connectivity index (χ2v) is 9.33. The van der Waals surface area contributed by atoms with Crippen molar-refractivity contribution in [1.82, 2.24) is 9.80 Å². The lowest BCUT2D eigenvalue weighted by Crippen LogP contribution is -2.79. The van der Waals surface area contributed by atoms with Gasteiger partial charge in [-0.05, 0) is 68.7 Å². The van der Waals surface area contributed by atoms with Gasteiger partial charge in [-0.3, -0.25) is 9.59 Å². The lowest BCUT2D eigenvalue weighted by molar-refractivity contribution is -0.219. The third kappa shape index (κ3) is 3.82. The molecular weight excluding hydrogens is 396 g/mol. The Morgan fingerprint density at radius 2 is 1.77 bits per heavy atom. The van der Waals surface area contributed by atoms with Gasteiger partial charge in [0.05, 0.1) is 19.3 Å². The number of methoxy groups -OCH3 is 1. The molecule has 1 aliphatic carbocycles. The summed E-state index contributed by atoms with van der Waals surface area (Å²) >= 11 is 0. The highest BCUT2D eigenvalue weighted by molar-refractivity contribution is 5.94. The van der Waals surface area contributed by atoms with E-state index < -0.39 is 0 Å². The average molecular weight is 429 g/mol. The molecule has 3 heterocycles. The topological polar surface area (TPSA) is 68.3 Å². The molecule has 1 spiro atoms. The van der Waals surface area contributed by atoms with E-state index in [1.807, 2.05) is 29.2 Å². The maximum atomic E-state index is 13.1. The molecule has 3 aliphatic heterocycles. The normalized spacial score (nSPS) is 26.1. The number of carbonyl (C=O) groups is 2. The molecule has 4 aliphatic rings. The number of nitrogens with zero attached hydrogens (tertiary/aromatic N) is 2. The van der Waals surface area contributed by atoms with Gasteiger partial charge in [-0.1, -0.05) is 0 Å². The zero-order chi connectivity index (χ0) is 21.4. The summed E-state index contributed by atoms with van der Waals surface area (Å²) in [5.74, 6) is 1.57. The third-order valence-corrected chi connectivity index (χ3v) is 7.44. The van der Waals surface area contributed by atoms with E-state index in [4.69, 9.17) is 14.2 Å². The Balaban J connectivity index is 1.22. The third-order valence-electron chi connectivity index (χ3n) is 7.44. The molecule has 1 saturated carbocycles. The van der Waals surface area contributed by atoms with Gasteiger partial charge in [0.1, 0.15) is 5.75 Å². The zero-order valence-corrected chi connectivity index (χ0v) is 18.3. The van der Waals surface area contributed by atoms with E-state index in [2.05, 4.69) is 4.90 Å². The van der Waals surface area contributed by atoms with E-state index in [-0.39, 0.29) is 29.5 Å². The lowest BCUT2D eigenvalue weighted by Gasteiger charge is -2.62. The van der Waals surface area contributed by atoms with E-state index in [0.717, 1.165) is 31.4 Å². The summed E-state index contributed by atoms with van der Waals surface area (Å²) in [6, 6.07) is 7.42. The van der Waals surface area contributed by atoms with Crippen LogP contribution in [0.4, 0.5) is 0 Å². The molecule has 1 atom stereocenters. The molecule has 3 saturated heterocycles. The molecule has 1 unspecified atom stereocenters. The van der Waals surface area contributed by atoms with Crippen LogP contribution in [0.1, 0.15) is 48.9 Å². The summed E-state index contributed by atoms with van der Waals surface area (Å²) in [5.41, 5.74) is 0.463. The summed E-state index contributed by atoms with van der Waals surface area (Å²) in [7, 11) is 1.62. The minimum absolute atomic E-state index is 0.0439. The summed E-state index contributed by atoms with van der Waals surface area (Å²) in [6.07, 6.45) is 5.45. The van der Waals surface area contributed by atoms with E-state index in [9.17, 15) is 9.59 Å². The standard InChI is InChI=1S/C24H32N2O5/c1-29-20-6-4-18(5-7-20)22(27)25-12-8-19(9-13-25)26-23(28)21(31-16-17-2-3-17)24(26)10-14-30-15-11-24/h4-7,17,19,21H,2-3,8-16H2,1H3. The number of carbonyl (C=O) groups excluding carboxylic acids is 2. The van der Waals surface area contributed by atoms with Crippen LogP contribution >= 0.6 is 0 Å². The van der Waals surface area contributed by atoms with Crippen molar-refractivity contribution in [3.05, 3.63) is 29.8 Å². The van der Waals surface area contributed by atoms with Crippen LogP contribution in [0.3, 0.4) is 0 Å². The predicted molar refractivity (Wildman–Crippen MR) is 114 cm³/mol. The molecule has 1 aromatic rings. The number of hydrogen-bond acceptors (Lipinski definition) is 5. The number of ether oxygens (including phenoxy) is 3. The summed E-state index contributed by atoms with van der Waals surface area (Å²) in [5, 5.41) is 0. The smallest absolute Gasteiger partial charge is 0.254 e. The largest absolute Gasteiger partial charge is 0.497 e. The molecule has 0 radical (unpaired) electrons. The fourth-order valence-electron chi connectivity index (χ4n) is 5.39. The predicted octanol–water partition coefficient (Wildman–Crippen LogP) is 2.49. The molecular formula is C24H32N2O5. The fourth-order valence-corrected chi connectivity index (χ4v) is 5.39. The Morgan fingerprint density at radius 3 is 2.39 bits per heavy atom. The van der Waals surface area contributed by atoms with Gasteiger partial charge >= 0.3 is 0 Å². The average Bonchev–Trinajstić information content (AvgIpc) is 3.64. The Labute approximate surface area is 183 Å². The first-order chi connectivity index (χ1) is 15.1. The van der Waals surface area contributed by atoms with Gasteiger partial charge in [-0.2, -0.15) is 0 Å². The highest BCUT2D eigenvalue weighted by atomic mass is 16.5. The minimum atomic E-state index is -0.309. The van der Waals surface area contributed by atoms with Gasteiger partial charge < -0.3 is 24.0 Å². The molecule has 31 heavy (non-hydrogen) atoms. The molecule has 0 aromatic heterocycles. The Bertz CT molecular complexity index is 808. The van der Waals surface area contributed by atoms with Crippen LogP contribution in [-0.2, 0) is 14.3 Å². The van der Waals surface area contributed by atoms with Crippen molar-refractivity contribution in [1.29, 1.82) is 0 Å². The fraction of sp³-hybridized carbons (Fsp3) is 0.667. The van der Waals surface area contributed by atoms with Crippen LogP contribution in [-0.4, -0.2) is 79.3 Å². The van der Waals surface area contributed by atoms with Gasteiger partial charge in [0.25, 0.3) is 11.8 Å². The van der Waals surface area contributed by atoms with Gasteiger partial charge in [-0.25, -0.2) is 0 Å². The molecule has 0 bridgehead atoms. The van der Waals surface area contributed by atoms with Crippen molar-refractivity contribution in [2.45, 2.75) is 56.2 Å². The summed E-state index contributed by atoms with van der Waals surface area (Å²) < 4.78 is 16.9. The first kappa shape index (κ1) is 20.8. The molecule has 0 N–H and O–H groups in total. The van der Waals surface area contributed by atoms with Crippen LogP contribution < -0.4 is 4.74 Å². The van der Waals surface area contributed by atoms with Crippen LogP contribution in [0.2, 0.25) is 0 Å². The van der Waals surface area contributed by atoms with Crippen LogP contribution in [0.25, 0.3) is 0 Å². The highest BCUT2D eigenvalue weighted by Gasteiger charge is 2.63. The number of rotatable bonds is 6. The SMILES string of the molecule is COc1ccc(C(=O)N2CCC(N3C(=O)C(OCC4CC4)C34CCOCC4)CC2)cc1. The quantitative estimate of drug-likeness (QED) is 0.652. The van der Waals surface area contributed by atoms with Crippen LogP contribution in [0.5, 0.6) is 5.75 Å². The number of likely N-dealkylation sites (tertiary alicyclic amines) is 2. The van der Waals surface area contributed by atoms with Gasteiger partial charge in [0, 0.05) is 37.9 Å². The van der Waals surface area contributed by atoms with E-state index >= 15 is 0 Å². The number of benzene rings is 1. The van der Waals surface area contributed by atoms with E-state index in [1.165, 1.54) is 12.8 Å². The highest BCUT2D eigenvalue weighted by Crippen LogP contribution is 2.46. The van der Waals surface area contributed by atoms with Crippen LogP contribution in [0, 0.1) is 5.92 Å². The molecule has 4 fully saturated rings. The van der Waals surface area contributed by atoms with Crippen molar-refractivity contribution < 1.29 is 23.8 Å². The van der Waals surface area contributed by atoms with E-state index in [0.29, 0.717) is 44.4 Å². The first-order valence-electron chi connectivity index (χ1n) is 11.6. The molecule has 2 amide bonds. The van der Waals surface area contributed by atoms with Crippen LogP contribution in [0.15, 0.2) is 24.3 Å². The maximum Gasteiger partial charge on any atom is 0.254 e. The molecule has 168 valence electrons. The van der Waals surface area contributed by atoms with Crippen molar-refractivity contribution >= 4 is 11.8 Å². The first-order valence-corrected chi connectivity index (χ1v) is 11.6. The maximum absolute atomic E-state index is 13.1. The summed E-state index contributed by atoms with van der Waals surface area (Å²) in [4.78, 5) is 30.0. The zero-order valence-electron chi connectivity index (χ0n) is 18.3. The molecule has 1 aromatic carbocycles. The van der Waals surface area contributed by atoms with Gasteiger partial charge in [0.15, 0.2) is 6.10 Å². The molecule has 7 heteroatoms. The second-order valence-electron chi connectivity index (χ2n) is 9.33. The second kappa shape index (κ2) is 8.43. The Kier molecular flexibility index (Phi) is 5.65. The number of β-lactam (4-membered cyclic amide) rings is 1. The minimum Gasteiger partial charge on any atom is -0.497 e. The van der Waals surface area contributed by atoms with Crippen molar-refractivity contribution in [2.24, 2.45) is 5.92 Å². The van der Waals surface area contributed by atoms with Gasteiger partial charge in [0.2, 0.25) is 0 Å². The van der Waals surface area contributed by atoms with Gasteiger partial charge in [-0.15, -0.1) is 0 Å².